The van der Waals surface area contributed by atoms with Crippen LogP contribution in [0.15, 0.2) is 46.4 Å². The maximum Gasteiger partial charge on any atom is 0.0702 e. The highest BCUT2D eigenvalue weighted by molar-refractivity contribution is 9.11. The van der Waals surface area contributed by atoms with Crippen molar-refractivity contribution >= 4 is 38.2 Å². The largest absolute Gasteiger partial charge is 0.342 e. The van der Waals surface area contributed by atoms with Crippen molar-refractivity contribution in [1.29, 1.82) is 0 Å². The van der Waals surface area contributed by atoms with E-state index < -0.39 is 0 Å². The number of hydrogen-bond donors (Lipinski definition) is 1. The summed E-state index contributed by atoms with van der Waals surface area (Å²) in [5.74, 6) is 0. The predicted molar refractivity (Wildman–Crippen MR) is 95.0 cm³/mol. The van der Waals surface area contributed by atoms with Crippen molar-refractivity contribution in [1.82, 2.24) is 4.57 Å². The Morgan fingerprint density at radius 3 is 2.81 bits per heavy atom. The van der Waals surface area contributed by atoms with Crippen LogP contribution >= 0.6 is 27.3 Å². The molecule has 1 aromatic carbocycles. The lowest BCUT2D eigenvalue weighted by Crippen LogP contribution is -2.21. The van der Waals surface area contributed by atoms with Gasteiger partial charge in [0.15, 0.2) is 0 Å². The maximum absolute atomic E-state index is 6.08. The van der Waals surface area contributed by atoms with Crippen LogP contribution in [0.4, 0.5) is 0 Å². The molecule has 2 aromatic heterocycles. The molecule has 0 saturated carbocycles. The van der Waals surface area contributed by atoms with Gasteiger partial charge in [-0.25, -0.2) is 0 Å². The summed E-state index contributed by atoms with van der Waals surface area (Å²) in [4.78, 5) is 1.36. The topological polar surface area (TPSA) is 30.9 Å². The second-order valence-corrected chi connectivity index (χ2v) is 7.96. The summed E-state index contributed by atoms with van der Waals surface area (Å²) >= 11 is 5.32. The third-order valence-electron chi connectivity index (χ3n) is 3.82. The van der Waals surface area contributed by atoms with Gasteiger partial charge in [0.05, 0.1) is 10.3 Å². The van der Waals surface area contributed by atoms with Gasteiger partial charge in [-0.05, 0) is 64.0 Å². The average molecular weight is 363 g/mol. The van der Waals surface area contributed by atoms with Gasteiger partial charge in [-0.2, -0.15) is 0 Å². The highest BCUT2D eigenvalue weighted by atomic mass is 79.9. The molecule has 0 aliphatic heterocycles. The van der Waals surface area contributed by atoms with Crippen molar-refractivity contribution in [3.05, 3.63) is 56.8 Å². The fourth-order valence-corrected chi connectivity index (χ4v) is 4.03. The summed E-state index contributed by atoms with van der Waals surface area (Å²) in [6.07, 6.45) is 4.13. The van der Waals surface area contributed by atoms with E-state index in [0.717, 1.165) is 19.4 Å². The fraction of sp³-hybridized carbons (Fsp3) is 0.294. The van der Waals surface area contributed by atoms with Gasteiger partial charge in [0, 0.05) is 22.6 Å². The van der Waals surface area contributed by atoms with E-state index in [9.17, 15) is 0 Å². The molecule has 4 heteroatoms. The zero-order valence-electron chi connectivity index (χ0n) is 12.1. The normalized spacial score (nSPS) is 12.9. The molecule has 110 valence electrons. The fourth-order valence-electron chi connectivity index (χ4n) is 2.55. The molecule has 0 amide bonds. The number of fused-ring (bicyclic) bond motifs is 1. The second-order valence-electron chi connectivity index (χ2n) is 5.42. The molecule has 2 heterocycles. The van der Waals surface area contributed by atoms with E-state index in [1.807, 2.05) is 0 Å². The SMILES string of the molecule is CCC(N)Cc1ccc2ccn(Cc3ccc(Br)s3)c2c1. The summed E-state index contributed by atoms with van der Waals surface area (Å²) in [6, 6.07) is 13.4. The number of nitrogens with zero attached hydrogens (tertiary/aromatic N) is 1. The van der Waals surface area contributed by atoms with Crippen LogP contribution in [0.3, 0.4) is 0 Å². The zero-order valence-corrected chi connectivity index (χ0v) is 14.5. The molecule has 0 spiro atoms. The smallest absolute Gasteiger partial charge is 0.0702 e. The molecule has 1 atom stereocenters. The van der Waals surface area contributed by atoms with E-state index in [4.69, 9.17) is 5.73 Å². The first-order valence-corrected chi connectivity index (χ1v) is 8.84. The van der Waals surface area contributed by atoms with Gasteiger partial charge in [0.2, 0.25) is 0 Å². The maximum atomic E-state index is 6.08. The lowest BCUT2D eigenvalue weighted by atomic mass is 10.0. The van der Waals surface area contributed by atoms with Crippen LogP contribution in [0.25, 0.3) is 10.9 Å². The first-order valence-electron chi connectivity index (χ1n) is 7.23. The van der Waals surface area contributed by atoms with Crippen LogP contribution in [0.1, 0.15) is 23.8 Å². The second kappa shape index (κ2) is 6.34. The Bertz CT molecular complexity index is 744. The standard InChI is InChI=1S/C17H19BrN2S/c1-2-14(19)9-12-3-4-13-7-8-20(16(13)10-12)11-15-5-6-17(18)21-15/h3-8,10,14H,2,9,11,19H2,1H3. The first kappa shape index (κ1) is 14.8. The minimum absolute atomic E-state index is 0.249. The molecule has 0 saturated heterocycles. The molecule has 3 aromatic rings. The molecular formula is C17H19BrN2S. The first-order chi connectivity index (χ1) is 10.2. The van der Waals surface area contributed by atoms with Crippen LogP contribution in [-0.4, -0.2) is 10.6 Å². The van der Waals surface area contributed by atoms with Crippen LogP contribution in [-0.2, 0) is 13.0 Å². The number of thiophene rings is 1. The Labute approximate surface area is 137 Å². The molecule has 2 nitrogen and oxygen atoms in total. The van der Waals surface area contributed by atoms with E-state index in [-0.39, 0.29) is 6.04 Å². The van der Waals surface area contributed by atoms with Gasteiger partial charge < -0.3 is 10.3 Å². The molecule has 0 fully saturated rings. The van der Waals surface area contributed by atoms with Crippen LogP contribution in [0.5, 0.6) is 0 Å². The Morgan fingerprint density at radius 1 is 1.24 bits per heavy atom. The van der Waals surface area contributed by atoms with Crippen molar-refractivity contribution < 1.29 is 0 Å². The molecule has 1 unspecified atom stereocenters. The molecule has 21 heavy (non-hydrogen) atoms. The monoisotopic (exact) mass is 362 g/mol. The number of nitrogens with two attached hydrogens (primary N) is 1. The van der Waals surface area contributed by atoms with Gasteiger partial charge in [-0.3, -0.25) is 0 Å². The third-order valence-corrected chi connectivity index (χ3v) is 5.42. The zero-order chi connectivity index (χ0) is 14.8. The van der Waals surface area contributed by atoms with Crippen molar-refractivity contribution in [3.63, 3.8) is 0 Å². The van der Waals surface area contributed by atoms with Gasteiger partial charge in [-0.1, -0.05) is 19.1 Å². The van der Waals surface area contributed by atoms with E-state index in [0.29, 0.717) is 0 Å². The number of aromatic nitrogens is 1. The number of hydrogen-bond acceptors (Lipinski definition) is 2. The average Bonchev–Trinajstić information content (AvgIpc) is 3.06. The molecule has 0 aliphatic carbocycles. The summed E-state index contributed by atoms with van der Waals surface area (Å²) < 4.78 is 3.50. The van der Waals surface area contributed by atoms with E-state index in [1.54, 1.807) is 11.3 Å². The summed E-state index contributed by atoms with van der Waals surface area (Å²) in [5.41, 5.74) is 8.69. The number of halogens is 1. The highest BCUT2D eigenvalue weighted by Crippen LogP contribution is 2.25. The van der Waals surface area contributed by atoms with Crippen molar-refractivity contribution in [2.24, 2.45) is 5.73 Å². The van der Waals surface area contributed by atoms with E-state index in [1.165, 1.54) is 25.1 Å². The molecule has 2 N–H and O–H groups in total. The summed E-state index contributed by atoms with van der Waals surface area (Å²) in [6.45, 7) is 3.06. The van der Waals surface area contributed by atoms with Crippen LogP contribution in [0, 0.1) is 0 Å². The van der Waals surface area contributed by atoms with E-state index in [2.05, 4.69) is 70.0 Å². The Kier molecular flexibility index (Phi) is 4.48. The molecular weight excluding hydrogens is 344 g/mol. The molecule has 0 bridgehead atoms. The minimum Gasteiger partial charge on any atom is -0.342 e. The lowest BCUT2D eigenvalue weighted by Gasteiger charge is -2.10. The number of rotatable bonds is 5. The Morgan fingerprint density at radius 2 is 2.10 bits per heavy atom. The van der Waals surface area contributed by atoms with Crippen LogP contribution < -0.4 is 5.73 Å². The molecule has 0 aliphatic rings. The van der Waals surface area contributed by atoms with E-state index >= 15 is 0 Å². The van der Waals surface area contributed by atoms with Crippen LogP contribution in [0.2, 0.25) is 0 Å². The Balaban J connectivity index is 1.90. The van der Waals surface area contributed by atoms with Gasteiger partial charge >= 0.3 is 0 Å². The van der Waals surface area contributed by atoms with Crippen molar-refractivity contribution in [3.8, 4) is 0 Å². The predicted octanol–water partition coefficient (Wildman–Crippen LogP) is 4.79. The highest BCUT2D eigenvalue weighted by Gasteiger charge is 2.07. The number of benzene rings is 1. The van der Waals surface area contributed by atoms with Crippen molar-refractivity contribution in [2.45, 2.75) is 32.4 Å². The Hall–Kier alpha value is -1.10. The van der Waals surface area contributed by atoms with Gasteiger partial charge in [-0.15, -0.1) is 11.3 Å². The third kappa shape index (κ3) is 3.39. The quantitative estimate of drug-likeness (QED) is 0.694. The summed E-state index contributed by atoms with van der Waals surface area (Å²) in [5, 5.41) is 1.29. The van der Waals surface area contributed by atoms with Crippen molar-refractivity contribution in [2.75, 3.05) is 0 Å². The molecule has 0 radical (unpaired) electrons. The molecule has 3 rings (SSSR count). The van der Waals surface area contributed by atoms with Gasteiger partial charge in [0.1, 0.15) is 0 Å². The summed E-state index contributed by atoms with van der Waals surface area (Å²) in [7, 11) is 0. The van der Waals surface area contributed by atoms with Gasteiger partial charge in [0.25, 0.3) is 0 Å². The lowest BCUT2D eigenvalue weighted by molar-refractivity contribution is 0.646. The minimum atomic E-state index is 0.249.